The van der Waals surface area contributed by atoms with E-state index in [2.05, 4.69) is 0 Å². The Morgan fingerprint density at radius 3 is 2.48 bits per heavy atom. The molecule has 1 amide bonds. The van der Waals surface area contributed by atoms with Crippen LogP contribution in [0.5, 0.6) is 0 Å². The molecule has 0 fully saturated rings. The summed E-state index contributed by atoms with van der Waals surface area (Å²) in [6.45, 7) is 7.06. The molecule has 2 unspecified atom stereocenters. The summed E-state index contributed by atoms with van der Waals surface area (Å²) >= 11 is 0. The van der Waals surface area contributed by atoms with Crippen molar-refractivity contribution in [2.75, 3.05) is 7.05 Å². The van der Waals surface area contributed by atoms with Crippen molar-refractivity contribution in [3.63, 3.8) is 0 Å². The second-order valence-electron chi connectivity index (χ2n) is 6.51. The lowest BCUT2D eigenvalue weighted by Crippen LogP contribution is -2.40. The smallest absolute Gasteiger partial charge is 0.410 e. The Hall–Kier alpha value is -2.15. The standard InChI is InChI=1S/C16H24N2O5/c1-11(17(5)15(20)23-16(2,3)4)10-14(19)12-8-6-7-9-13(12)18(21)22/h6-9,11,14,19H,10H2,1-5H3. The summed E-state index contributed by atoms with van der Waals surface area (Å²) in [5.41, 5.74) is -0.504. The van der Waals surface area contributed by atoms with Gasteiger partial charge in [-0.25, -0.2) is 4.79 Å². The van der Waals surface area contributed by atoms with Crippen LogP contribution in [0.15, 0.2) is 24.3 Å². The highest BCUT2D eigenvalue weighted by atomic mass is 16.6. The molecule has 7 heteroatoms. The first kappa shape index (κ1) is 18.9. The van der Waals surface area contributed by atoms with Gasteiger partial charge < -0.3 is 14.7 Å². The molecule has 0 spiro atoms. The number of carbonyl (C=O) groups is 1. The van der Waals surface area contributed by atoms with Crippen molar-refractivity contribution in [2.45, 2.75) is 51.9 Å². The molecule has 0 bridgehead atoms. The van der Waals surface area contributed by atoms with Gasteiger partial charge in [-0.1, -0.05) is 12.1 Å². The number of para-hydroxylation sites is 1. The first-order valence-corrected chi connectivity index (χ1v) is 7.40. The van der Waals surface area contributed by atoms with E-state index in [0.717, 1.165) is 0 Å². The number of amides is 1. The predicted octanol–water partition coefficient (Wildman–Crippen LogP) is 3.27. The monoisotopic (exact) mass is 324 g/mol. The highest BCUT2D eigenvalue weighted by Crippen LogP contribution is 2.28. The number of hydrogen-bond acceptors (Lipinski definition) is 5. The van der Waals surface area contributed by atoms with E-state index in [1.807, 2.05) is 0 Å². The van der Waals surface area contributed by atoms with Gasteiger partial charge in [0.25, 0.3) is 5.69 Å². The molecule has 0 saturated carbocycles. The van der Waals surface area contributed by atoms with Gasteiger partial charge in [-0.15, -0.1) is 0 Å². The second-order valence-corrected chi connectivity index (χ2v) is 6.51. The lowest BCUT2D eigenvalue weighted by Gasteiger charge is -2.29. The van der Waals surface area contributed by atoms with E-state index in [-0.39, 0.29) is 23.7 Å². The van der Waals surface area contributed by atoms with Gasteiger partial charge >= 0.3 is 6.09 Å². The molecule has 0 radical (unpaired) electrons. The molecule has 0 heterocycles. The molecule has 0 aliphatic carbocycles. The fourth-order valence-corrected chi connectivity index (χ4v) is 2.06. The van der Waals surface area contributed by atoms with E-state index in [1.54, 1.807) is 46.9 Å². The summed E-state index contributed by atoms with van der Waals surface area (Å²) < 4.78 is 5.27. The highest BCUT2D eigenvalue weighted by Gasteiger charge is 2.27. The molecule has 7 nitrogen and oxygen atoms in total. The maximum Gasteiger partial charge on any atom is 0.410 e. The van der Waals surface area contributed by atoms with Crippen LogP contribution in [0.4, 0.5) is 10.5 Å². The lowest BCUT2D eigenvalue weighted by molar-refractivity contribution is -0.386. The molecular weight excluding hydrogens is 300 g/mol. The Morgan fingerprint density at radius 1 is 1.39 bits per heavy atom. The van der Waals surface area contributed by atoms with Crippen LogP contribution >= 0.6 is 0 Å². The largest absolute Gasteiger partial charge is 0.444 e. The topological polar surface area (TPSA) is 92.9 Å². The minimum absolute atomic E-state index is 0.132. The lowest BCUT2D eigenvalue weighted by atomic mass is 10.0. The van der Waals surface area contributed by atoms with Gasteiger partial charge in [0, 0.05) is 19.2 Å². The number of nitro benzene ring substituents is 1. The van der Waals surface area contributed by atoms with Crippen LogP contribution in [0.25, 0.3) is 0 Å². The van der Waals surface area contributed by atoms with Gasteiger partial charge in [-0.05, 0) is 40.2 Å². The van der Waals surface area contributed by atoms with E-state index < -0.39 is 22.7 Å². The van der Waals surface area contributed by atoms with Crippen LogP contribution in [0.2, 0.25) is 0 Å². The molecule has 2 atom stereocenters. The molecule has 0 aromatic heterocycles. The van der Waals surface area contributed by atoms with Crippen LogP contribution in [0.1, 0.15) is 45.8 Å². The average Bonchev–Trinajstić information content (AvgIpc) is 2.44. The maximum atomic E-state index is 12.0. The van der Waals surface area contributed by atoms with Crippen LogP contribution in [-0.4, -0.2) is 39.7 Å². The van der Waals surface area contributed by atoms with E-state index >= 15 is 0 Å². The molecule has 0 saturated heterocycles. The van der Waals surface area contributed by atoms with Crippen molar-refractivity contribution in [3.05, 3.63) is 39.9 Å². The molecule has 1 aromatic rings. The number of rotatable bonds is 5. The number of aliphatic hydroxyl groups excluding tert-OH is 1. The highest BCUT2D eigenvalue weighted by molar-refractivity contribution is 5.68. The first-order valence-electron chi connectivity index (χ1n) is 7.40. The van der Waals surface area contributed by atoms with E-state index in [9.17, 15) is 20.0 Å². The molecule has 128 valence electrons. The number of nitro groups is 1. The normalized spacial score (nSPS) is 14.0. The van der Waals surface area contributed by atoms with E-state index in [1.165, 1.54) is 17.0 Å². The minimum Gasteiger partial charge on any atom is -0.444 e. The van der Waals surface area contributed by atoms with Crippen LogP contribution in [-0.2, 0) is 4.74 Å². The van der Waals surface area contributed by atoms with Gasteiger partial charge in [0.1, 0.15) is 5.60 Å². The predicted molar refractivity (Wildman–Crippen MR) is 86.1 cm³/mol. The summed E-state index contributed by atoms with van der Waals surface area (Å²) in [7, 11) is 1.57. The Bertz CT molecular complexity index is 568. The van der Waals surface area contributed by atoms with Crippen molar-refractivity contribution < 1.29 is 19.6 Å². The zero-order chi connectivity index (χ0) is 17.8. The minimum atomic E-state index is -1.04. The van der Waals surface area contributed by atoms with Crippen LogP contribution in [0.3, 0.4) is 0 Å². The third kappa shape index (κ3) is 5.52. The first-order chi connectivity index (χ1) is 10.5. The molecule has 0 aliphatic rings. The number of benzene rings is 1. The number of hydrogen-bond donors (Lipinski definition) is 1. The van der Waals surface area contributed by atoms with Crippen molar-refractivity contribution in [2.24, 2.45) is 0 Å². The van der Waals surface area contributed by atoms with Gasteiger partial charge in [0.15, 0.2) is 0 Å². The molecule has 1 N–H and O–H groups in total. The van der Waals surface area contributed by atoms with Crippen LogP contribution < -0.4 is 0 Å². The molecule has 23 heavy (non-hydrogen) atoms. The Morgan fingerprint density at radius 2 is 1.96 bits per heavy atom. The Balaban J connectivity index is 2.79. The summed E-state index contributed by atoms with van der Waals surface area (Å²) in [5.74, 6) is 0. The quantitative estimate of drug-likeness (QED) is 0.663. The fraction of sp³-hybridized carbons (Fsp3) is 0.562. The van der Waals surface area contributed by atoms with E-state index in [0.29, 0.717) is 0 Å². The maximum absolute atomic E-state index is 12.0. The Kier molecular flexibility index (Phi) is 6.09. The van der Waals surface area contributed by atoms with E-state index in [4.69, 9.17) is 4.74 Å². The van der Waals surface area contributed by atoms with Crippen molar-refractivity contribution in [1.29, 1.82) is 0 Å². The summed E-state index contributed by atoms with van der Waals surface area (Å²) in [6.07, 6.45) is -1.38. The number of carbonyl (C=O) groups excluding carboxylic acids is 1. The van der Waals surface area contributed by atoms with Crippen LogP contribution in [0, 0.1) is 10.1 Å². The molecule has 1 rings (SSSR count). The molecular formula is C16H24N2O5. The summed E-state index contributed by atoms with van der Waals surface area (Å²) in [4.78, 5) is 23.9. The number of aliphatic hydroxyl groups is 1. The third-order valence-electron chi connectivity index (χ3n) is 3.40. The van der Waals surface area contributed by atoms with Crippen molar-refractivity contribution >= 4 is 11.8 Å². The third-order valence-corrected chi connectivity index (χ3v) is 3.40. The zero-order valence-electron chi connectivity index (χ0n) is 14.1. The second kappa shape index (κ2) is 7.41. The summed E-state index contributed by atoms with van der Waals surface area (Å²) in [5, 5.41) is 21.3. The number of ether oxygens (including phenoxy) is 1. The molecule has 0 aliphatic heterocycles. The fourth-order valence-electron chi connectivity index (χ4n) is 2.06. The summed E-state index contributed by atoms with van der Waals surface area (Å²) in [6, 6.07) is 5.70. The van der Waals surface area contributed by atoms with Gasteiger partial charge in [0.05, 0.1) is 16.6 Å². The van der Waals surface area contributed by atoms with Crippen molar-refractivity contribution in [3.8, 4) is 0 Å². The number of nitrogens with zero attached hydrogens (tertiary/aromatic N) is 2. The SMILES string of the molecule is CC(CC(O)c1ccccc1[N+](=O)[O-])N(C)C(=O)OC(C)(C)C. The average molecular weight is 324 g/mol. The van der Waals surface area contributed by atoms with Gasteiger partial charge in [-0.2, -0.15) is 0 Å². The van der Waals surface area contributed by atoms with Gasteiger partial charge in [0.2, 0.25) is 0 Å². The van der Waals surface area contributed by atoms with Gasteiger partial charge in [-0.3, -0.25) is 10.1 Å². The Labute approximate surface area is 136 Å². The van der Waals surface area contributed by atoms with Crippen molar-refractivity contribution in [1.82, 2.24) is 4.90 Å². The zero-order valence-corrected chi connectivity index (χ0v) is 14.1. The molecule has 1 aromatic carbocycles.